The molecule has 0 radical (unpaired) electrons. The Labute approximate surface area is 163 Å². The summed E-state index contributed by atoms with van der Waals surface area (Å²) in [7, 11) is 0. The molecule has 0 bridgehead atoms. The number of thioether (sulfide) groups is 1. The fourth-order valence-corrected chi connectivity index (χ4v) is 4.34. The fraction of sp³-hybridized carbons (Fsp3) is 0.0476. The third-order valence-electron chi connectivity index (χ3n) is 4.50. The van der Waals surface area contributed by atoms with Crippen molar-refractivity contribution >= 4 is 56.1 Å². The molecule has 0 spiro atoms. The van der Waals surface area contributed by atoms with Gasteiger partial charge in [-0.15, -0.1) is 0 Å². The van der Waals surface area contributed by atoms with Crippen LogP contribution >= 0.6 is 23.4 Å². The average Bonchev–Trinajstić information content (AvgIpc) is 3.07. The molecule has 2 heterocycles. The van der Waals surface area contributed by atoms with Crippen LogP contribution in [0.25, 0.3) is 32.8 Å². The molecule has 6 heteroatoms. The van der Waals surface area contributed by atoms with Crippen molar-refractivity contribution in [3.63, 3.8) is 0 Å². The van der Waals surface area contributed by atoms with Crippen LogP contribution in [0, 0.1) is 0 Å². The van der Waals surface area contributed by atoms with E-state index in [0.717, 1.165) is 37.9 Å². The minimum absolute atomic E-state index is 0.343. The lowest BCUT2D eigenvalue weighted by atomic mass is 10.0. The van der Waals surface area contributed by atoms with E-state index in [9.17, 15) is 4.79 Å². The normalized spacial score (nSPS) is 11.6. The van der Waals surface area contributed by atoms with Crippen molar-refractivity contribution in [1.29, 1.82) is 0 Å². The van der Waals surface area contributed by atoms with Crippen molar-refractivity contribution in [3.8, 4) is 0 Å². The van der Waals surface area contributed by atoms with Gasteiger partial charge in [-0.2, -0.15) is 0 Å². The van der Waals surface area contributed by atoms with Gasteiger partial charge in [-0.3, -0.25) is 0 Å². The number of fused-ring (bicyclic) bond motifs is 4. The Morgan fingerprint density at radius 2 is 1.96 bits per heavy atom. The molecule has 2 aromatic heterocycles. The van der Waals surface area contributed by atoms with Gasteiger partial charge in [-0.25, -0.2) is 9.78 Å². The van der Waals surface area contributed by atoms with E-state index in [0.29, 0.717) is 16.4 Å². The zero-order valence-corrected chi connectivity index (χ0v) is 15.6. The summed E-state index contributed by atoms with van der Waals surface area (Å²) >= 11 is 7.59. The van der Waals surface area contributed by atoms with Crippen LogP contribution in [0.4, 0.5) is 0 Å². The largest absolute Gasteiger partial charge is 0.423 e. The van der Waals surface area contributed by atoms with Crippen molar-refractivity contribution in [3.05, 3.63) is 81.7 Å². The first kappa shape index (κ1) is 16.4. The number of nitrogens with one attached hydrogen (secondary N) is 1. The predicted octanol–water partition coefficient (Wildman–Crippen LogP) is 5.77. The number of imidazole rings is 1. The van der Waals surface area contributed by atoms with Crippen molar-refractivity contribution < 1.29 is 4.42 Å². The summed E-state index contributed by atoms with van der Waals surface area (Å²) in [5.41, 5.74) is 2.96. The maximum atomic E-state index is 12.0. The number of aromatic nitrogens is 2. The summed E-state index contributed by atoms with van der Waals surface area (Å²) in [4.78, 5) is 19.9. The molecule has 0 saturated carbocycles. The second-order valence-electron chi connectivity index (χ2n) is 6.24. The molecule has 1 N–H and O–H groups in total. The summed E-state index contributed by atoms with van der Waals surface area (Å²) in [6.07, 6.45) is 0. The Balaban J connectivity index is 1.59. The molecule has 0 saturated heterocycles. The lowest BCUT2D eigenvalue weighted by Crippen LogP contribution is -2.00. The number of H-pyrrole nitrogens is 1. The molecule has 0 aliphatic carbocycles. The van der Waals surface area contributed by atoms with Gasteiger partial charge in [0.15, 0.2) is 5.16 Å². The number of aromatic amines is 1. The number of rotatable bonds is 3. The van der Waals surface area contributed by atoms with Gasteiger partial charge in [0, 0.05) is 22.2 Å². The van der Waals surface area contributed by atoms with E-state index in [1.54, 1.807) is 17.8 Å². The second kappa shape index (κ2) is 6.44. The lowest BCUT2D eigenvalue weighted by molar-refractivity contribution is 0.560. The van der Waals surface area contributed by atoms with Gasteiger partial charge in [0.1, 0.15) is 5.58 Å². The van der Waals surface area contributed by atoms with Gasteiger partial charge in [0.2, 0.25) is 0 Å². The Hall–Kier alpha value is -2.76. The van der Waals surface area contributed by atoms with Crippen LogP contribution in [0.3, 0.4) is 0 Å². The van der Waals surface area contributed by atoms with Crippen LogP contribution in [-0.4, -0.2) is 9.97 Å². The highest BCUT2D eigenvalue weighted by atomic mass is 35.5. The molecule has 0 aliphatic heterocycles. The molecule has 3 aromatic carbocycles. The molecule has 0 fully saturated rings. The van der Waals surface area contributed by atoms with Gasteiger partial charge < -0.3 is 9.40 Å². The Bertz CT molecular complexity index is 1370. The van der Waals surface area contributed by atoms with Gasteiger partial charge in [0.05, 0.1) is 11.0 Å². The molecular formula is C21H13ClN2O2S. The Morgan fingerprint density at radius 3 is 2.89 bits per heavy atom. The molecule has 4 nitrogen and oxygen atoms in total. The van der Waals surface area contributed by atoms with Crippen LogP contribution < -0.4 is 5.63 Å². The Morgan fingerprint density at radius 1 is 1.07 bits per heavy atom. The monoisotopic (exact) mass is 392 g/mol. The van der Waals surface area contributed by atoms with Gasteiger partial charge in [-0.1, -0.05) is 53.7 Å². The van der Waals surface area contributed by atoms with Crippen LogP contribution in [0.1, 0.15) is 5.56 Å². The van der Waals surface area contributed by atoms with E-state index in [1.165, 1.54) is 0 Å². The van der Waals surface area contributed by atoms with E-state index in [2.05, 4.69) is 22.1 Å². The fourth-order valence-electron chi connectivity index (χ4n) is 3.31. The summed E-state index contributed by atoms with van der Waals surface area (Å²) in [6, 6.07) is 19.1. The van der Waals surface area contributed by atoms with E-state index < -0.39 is 0 Å². The molecular weight excluding hydrogens is 380 g/mol. The van der Waals surface area contributed by atoms with Crippen molar-refractivity contribution in [2.45, 2.75) is 10.9 Å². The maximum Gasteiger partial charge on any atom is 0.336 e. The number of hydrogen-bond donors (Lipinski definition) is 1. The molecule has 27 heavy (non-hydrogen) atoms. The quantitative estimate of drug-likeness (QED) is 0.240. The summed E-state index contributed by atoms with van der Waals surface area (Å²) in [5.74, 6) is 0.601. The van der Waals surface area contributed by atoms with Crippen molar-refractivity contribution in [1.82, 2.24) is 9.97 Å². The van der Waals surface area contributed by atoms with Gasteiger partial charge >= 0.3 is 5.63 Å². The summed E-state index contributed by atoms with van der Waals surface area (Å²) < 4.78 is 5.42. The highest BCUT2D eigenvalue weighted by molar-refractivity contribution is 7.98. The first-order chi connectivity index (χ1) is 13.2. The molecule has 0 amide bonds. The topological polar surface area (TPSA) is 58.9 Å². The SMILES string of the molecule is O=c1cc(CSc2nc3ccc(Cl)cc3[nH]2)c2c(ccc3ccccc32)o1. The molecule has 5 rings (SSSR count). The van der Waals surface area contributed by atoms with E-state index in [-0.39, 0.29) is 5.63 Å². The smallest absolute Gasteiger partial charge is 0.336 e. The minimum atomic E-state index is -0.343. The third-order valence-corrected chi connectivity index (χ3v) is 5.66. The second-order valence-corrected chi connectivity index (χ2v) is 7.64. The molecule has 0 unspecified atom stereocenters. The first-order valence-electron chi connectivity index (χ1n) is 8.40. The highest BCUT2D eigenvalue weighted by Gasteiger charge is 2.11. The number of benzene rings is 3. The van der Waals surface area contributed by atoms with Crippen LogP contribution in [-0.2, 0) is 5.75 Å². The molecule has 132 valence electrons. The molecule has 5 aromatic rings. The number of nitrogens with zero attached hydrogens (tertiary/aromatic N) is 1. The zero-order chi connectivity index (χ0) is 18.4. The van der Waals surface area contributed by atoms with Crippen molar-refractivity contribution in [2.75, 3.05) is 0 Å². The third kappa shape index (κ3) is 2.99. The van der Waals surface area contributed by atoms with Gasteiger partial charge in [0.25, 0.3) is 0 Å². The van der Waals surface area contributed by atoms with Crippen LogP contribution in [0.2, 0.25) is 5.02 Å². The molecule has 0 atom stereocenters. The number of halogens is 1. The average molecular weight is 393 g/mol. The first-order valence-corrected chi connectivity index (χ1v) is 9.76. The minimum Gasteiger partial charge on any atom is -0.423 e. The van der Waals surface area contributed by atoms with Crippen LogP contribution in [0.5, 0.6) is 0 Å². The van der Waals surface area contributed by atoms with Crippen LogP contribution in [0.15, 0.2) is 75.0 Å². The maximum absolute atomic E-state index is 12.0. The predicted molar refractivity (Wildman–Crippen MR) is 111 cm³/mol. The standard InChI is InChI=1S/C21H13ClN2O2S/c22-14-6-7-16-17(10-14)24-21(23-16)27-11-13-9-19(25)26-18-8-5-12-3-1-2-4-15(12)20(13)18/h1-10H,11H2,(H,23,24). The van der Waals surface area contributed by atoms with E-state index in [4.69, 9.17) is 16.0 Å². The zero-order valence-electron chi connectivity index (χ0n) is 14.0. The van der Waals surface area contributed by atoms with E-state index >= 15 is 0 Å². The lowest BCUT2D eigenvalue weighted by Gasteiger charge is -2.08. The molecule has 0 aliphatic rings. The van der Waals surface area contributed by atoms with Gasteiger partial charge in [-0.05, 0) is 40.6 Å². The van der Waals surface area contributed by atoms with Crippen molar-refractivity contribution in [2.24, 2.45) is 0 Å². The highest BCUT2D eigenvalue weighted by Crippen LogP contribution is 2.31. The summed E-state index contributed by atoms with van der Waals surface area (Å²) in [5, 5.41) is 4.61. The summed E-state index contributed by atoms with van der Waals surface area (Å²) in [6.45, 7) is 0. The van der Waals surface area contributed by atoms with E-state index in [1.807, 2.05) is 42.5 Å². The Kier molecular flexibility index (Phi) is 3.92. The number of hydrogen-bond acceptors (Lipinski definition) is 4.